The fourth-order valence-corrected chi connectivity index (χ4v) is 11.3. The standard InChI is InChI=1S/C25H53N2O2PS2/c1-18(2)26(19(3)4)30(27(20(5)6)21(7)8)32-25(14,15)17-29-16-24(12,13)31-22(28)23(9,10)11/h18-21H,16-17H2,1-15H3. The number of ether oxygens (including phenoxy) is 1. The fraction of sp³-hybridized carbons (Fsp3) is 0.960. The zero-order valence-electron chi connectivity index (χ0n) is 23.7. The Kier molecular flexibility index (Phi) is 13.4. The minimum absolute atomic E-state index is 0.0372. The van der Waals surface area contributed by atoms with Gasteiger partial charge in [0.05, 0.1) is 13.2 Å². The molecule has 0 spiro atoms. The largest absolute Gasteiger partial charge is 0.379 e. The Morgan fingerprint density at radius 1 is 0.719 bits per heavy atom. The van der Waals surface area contributed by atoms with Gasteiger partial charge in [-0.2, -0.15) is 0 Å². The first kappa shape index (κ1) is 32.7. The van der Waals surface area contributed by atoms with Gasteiger partial charge in [0.25, 0.3) is 0 Å². The van der Waals surface area contributed by atoms with Gasteiger partial charge < -0.3 is 4.74 Å². The van der Waals surface area contributed by atoms with E-state index in [1.165, 1.54) is 11.8 Å². The van der Waals surface area contributed by atoms with Gasteiger partial charge in [0, 0.05) is 39.1 Å². The van der Waals surface area contributed by atoms with E-state index in [2.05, 4.69) is 104 Å². The van der Waals surface area contributed by atoms with Gasteiger partial charge in [0.2, 0.25) is 0 Å². The van der Waals surface area contributed by atoms with Crippen LogP contribution in [0.25, 0.3) is 0 Å². The third-order valence-corrected chi connectivity index (χ3v) is 12.7. The maximum Gasteiger partial charge on any atom is 0.194 e. The molecule has 0 radical (unpaired) electrons. The number of carbonyl (C=O) groups is 1. The van der Waals surface area contributed by atoms with Crippen LogP contribution in [0.5, 0.6) is 0 Å². The van der Waals surface area contributed by atoms with Gasteiger partial charge in [0.15, 0.2) is 5.12 Å². The second-order valence-corrected chi connectivity index (χ2v) is 18.1. The Hall–Kier alpha value is 0.680. The molecule has 0 atom stereocenters. The van der Waals surface area contributed by atoms with E-state index < -0.39 is 7.42 Å². The van der Waals surface area contributed by atoms with Crippen molar-refractivity contribution in [3.63, 3.8) is 0 Å². The molecule has 0 aliphatic rings. The van der Waals surface area contributed by atoms with Gasteiger partial charge in [0.1, 0.15) is 7.42 Å². The molecule has 0 saturated carbocycles. The third-order valence-electron chi connectivity index (χ3n) is 4.72. The fourth-order valence-electron chi connectivity index (χ4n) is 3.42. The Morgan fingerprint density at radius 2 is 1.06 bits per heavy atom. The minimum atomic E-state index is -0.563. The van der Waals surface area contributed by atoms with Crippen molar-refractivity contribution in [1.82, 2.24) is 9.34 Å². The average molecular weight is 509 g/mol. The summed E-state index contributed by atoms with van der Waals surface area (Å²) >= 11 is 3.48. The molecule has 0 heterocycles. The molecule has 0 saturated heterocycles. The SMILES string of the molecule is CC(C)N(C(C)C)P(SC(C)(C)COCC(C)(C)SC(=O)C(C)(C)C)N(C(C)C)C(C)C. The van der Waals surface area contributed by atoms with E-state index in [1.807, 2.05) is 20.8 Å². The van der Waals surface area contributed by atoms with E-state index in [4.69, 9.17) is 4.74 Å². The number of carbonyl (C=O) groups excluding carboxylic acids is 1. The lowest BCUT2D eigenvalue weighted by molar-refractivity contribution is -0.117. The molecule has 7 heteroatoms. The van der Waals surface area contributed by atoms with Gasteiger partial charge in [-0.15, -0.1) is 0 Å². The van der Waals surface area contributed by atoms with Crippen molar-refractivity contribution in [1.29, 1.82) is 0 Å². The molecule has 0 aliphatic carbocycles. The second kappa shape index (κ2) is 13.1. The van der Waals surface area contributed by atoms with E-state index in [-0.39, 0.29) is 20.0 Å². The van der Waals surface area contributed by atoms with E-state index in [9.17, 15) is 4.79 Å². The average Bonchev–Trinajstić information content (AvgIpc) is 2.50. The van der Waals surface area contributed by atoms with Crippen LogP contribution in [0, 0.1) is 5.41 Å². The van der Waals surface area contributed by atoms with Crippen LogP contribution in [-0.4, -0.2) is 61.3 Å². The number of rotatable bonds is 13. The quantitative estimate of drug-likeness (QED) is 0.234. The summed E-state index contributed by atoms with van der Waals surface area (Å²) in [6.07, 6.45) is 0. The van der Waals surface area contributed by atoms with Crippen molar-refractivity contribution >= 4 is 35.7 Å². The summed E-state index contributed by atoms with van der Waals surface area (Å²) in [5, 5.41) is 0.220. The highest BCUT2D eigenvalue weighted by atomic mass is 32.7. The lowest BCUT2D eigenvalue weighted by atomic mass is 9.99. The van der Waals surface area contributed by atoms with Crippen LogP contribution < -0.4 is 0 Å². The van der Waals surface area contributed by atoms with Crippen molar-refractivity contribution in [2.24, 2.45) is 5.41 Å². The van der Waals surface area contributed by atoms with Crippen molar-refractivity contribution in [3.8, 4) is 0 Å². The topological polar surface area (TPSA) is 32.8 Å². The van der Waals surface area contributed by atoms with Crippen LogP contribution >= 0.6 is 30.6 Å². The Labute approximate surface area is 210 Å². The normalized spacial score (nSPS) is 14.3. The zero-order valence-corrected chi connectivity index (χ0v) is 26.2. The highest BCUT2D eigenvalue weighted by Crippen LogP contribution is 2.63. The van der Waals surface area contributed by atoms with Crippen LogP contribution in [0.3, 0.4) is 0 Å². The summed E-state index contributed by atoms with van der Waals surface area (Å²) in [4.78, 5) is 12.5. The van der Waals surface area contributed by atoms with Crippen LogP contribution in [0.15, 0.2) is 0 Å². The molecule has 0 aromatic carbocycles. The van der Waals surface area contributed by atoms with Crippen molar-refractivity contribution in [2.45, 2.75) is 138 Å². The molecule has 0 fully saturated rings. The summed E-state index contributed by atoms with van der Waals surface area (Å²) in [6, 6.07) is 1.90. The molecule has 0 aromatic heterocycles. The first-order valence-electron chi connectivity index (χ1n) is 12.1. The second-order valence-electron chi connectivity index (χ2n) is 12.1. The Balaban J connectivity index is 5.44. The lowest BCUT2D eigenvalue weighted by Gasteiger charge is -2.48. The molecule has 0 bridgehead atoms. The molecule has 4 nitrogen and oxygen atoms in total. The van der Waals surface area contributed by atoms with Gasteiger partial charge >= 0.3 is 0 Å². The van der Waals surface area contributed by atoms with Gasteiger partial charge in [-0.05, 0) is 83.1 Å². The van der Waals surface area contributed by atoms with Crippen molar-refractivity contribution in [3.05, 3.63) is 0 Å². The Morgan fingerprint density at radius 3 is 1.38 bits per heavy atom. The van der Waals surface area contributed by atoms with Crippen LogP contribution in [-0.2, 0) is 9.53 Å². The summed E-state index contributed by atoms with van der Waals surface area (Å²) in [5.74, 6) is 0. The predicted octanol–water partition coefficient (Wildman–Crippen LogP) is 8.06. The summed E-state index contributed by atoms with van der Waals surface area (Å²) in [7, 11) is -0.563. The van der Waals surface area contributed by atoms with Gasteiger partial charge in [-0.1, -0.05) is 43.9 Å². The number of hydrogen-bond donors (Lipinski definition) is 0. The predicted molar refractivity (Wildman–Crippen MR) is 150 cm³/mol. The molecule has 0 unspecified atom stereocenters. The molecule has 32 heavy (non-hydrogen) atoms. The number of thioether (sulfide) groups is 1. The maximum absolute atomic E-state index is 12.5. The van der Waals surface area contributed by atoms with E-state index in [0.29, 0.717) is 37.4 Å². The Bertz CT molecular complexity index is 537. The van der Waals surface area contributed by atoms with E-state index in [0.717, 1.165) is 0 Å². The first-order chi connectivity index (χ1) is 14.2. The molecule has 0 rings (SSSR count). The number of nitrogens with zero attached hydrogens (tertiary/aromatic N) is 2. The number of hydrogen-bond acceptors (Lipinski definition) is 6. The molecule has 0 amide bonds. The molecular weight excluding hydrogens is 455 g/mol. The van der Waals surface area contributed by atoms with E-state index >= 15 is 0 Å². The minimum Gasteiger partial charge on any atom is -0.379 e. The first-order valence-corrected chi connectivity index (χ1v) is 15.6. The summed E-state index contributed by atoms with van der Waals surface area (Å²) < 4.78 is 11.4. The third kappa shape index (κ3) is 11.4. The zero-order chi connectivity index (χ0) is 25.7. The summed E-state index contributed by atoms with van der Waals surface area (Å²) in [5.41, 5.74) is -0.332. The molecule has 0 aliphatic heterocycles. The maximum atomic E-state index is 12.5. The van der Waals surface area contributed by atoms with Crippen LogP contribution in [0.1, 0.15) is 104 Å². The highest BCUT2D eigenvalue weighted by molar-refractivity contribution is 8.54. The van der Waals surface area contributed by atoms with Crippen molar-refractivity contribution in [2.75, 3.05) is 13.2 Å². The molecule has 192 valence electrons. The monoisotopic (exact) mass is 508 g/mol. The molecule has 0 N–H and O–H groups in total. The summed E-state index contributed by atoms with van der Waals surface area (Å²) in [6.45, 7) is 34.4. The van der Waals surface area contributed by atoms with E-state index in [1.54, 1.807) is 0 Å². The van der Waals surface area contributed by atoms with Crippen LogP contribution in [0.4, 0.5) is 0 Å². The smallest absolute Gasteiger partial charge is 0.194 e. The van der Waals surface area contributed by atoms with Gasteiger partial charge in [-0.3, -0.25) is 14.1 Å². The van der Waals surface area contributed by atoms with Crippen LogP contribution in [0.2, 0.25) is 0 Å². The molecular formula is C25H53N2O2PS2. The highest BCUT2D eigenvalue weighted by Gasteiger charge is 2.38. The van der Waals surface area contributed by atoms with Gasteiger partial charge in [-0.25, -0.2) is 0 Å². The molecule has 0 aromatic rings. The van der Waals surface area contributed by atoms with Crippen molar-refractivity contribution < 1.29 is 9.53 Å². The lowest BCUT2D eigenvalue weighted by Crippen LogP contribution is -2.43.